The molecule has 6 nitrogen and oxygen atoms in total. The quantitative estimate of drug-likeness (QED) is 0.727. The standard InChI is InChI=1S/C18H21N3O3/c19-17(22)20-13-16(11-14-7-3-1-4-8-14)24-18(23)21-12-15-9-5-2-6-10-15/h1-10,16H,11-13H2,(H,21,23)(H3,19,20,22)/t16-/m1/s1. The molecule has 0 heterocycles. The van der Waals surface area contributed by atoms with E-state index < -0.39 is 18.2 Å². The van der Waals surface area contributed by atoms with Gasteiger partial charge in [-0.15, -0.1) is 0 Å². The van der Waals surface area contributed by atoms with E-state index in [0.717, 1.165) is 11.1 Å². The molecule has 0 aliphatic rings. The number of hydrogen-bond donors (Lipinski definition) is 3. The highest BCUT2D eigenvalue weighted by Crippen LogP contribution is 2.06. The summed E-state index contributed by atoms with van der Waals surface area (Å²) >= 11 is 0. The van der Waals surface area contributed by atoms with Gasteiger partial charge in [0.1, 0.15) is 6.10 Å². The Kier molecular flexibility index (Phi) is 6.64. The van der Waals surface area contributed by atoms with Gasteiger partial charge in [-0.05, 0) is 11.1 Å². The molecule has 0 unspecified atom stereocenters. The van der Waals surface area contributed by atoms with Crippen molar-refractivity contribution in [1.82, 2.24) is 10.6 Å². The molecule has 0 bridgehead atoms. The topological polar surface area (TPSA) is 93.5 Å². The zero-order valence-corrected chi connectivity index (χ0v) is 13.3. The van der Waals surface area contributed by atoms with Gasteiger partial charge in [-0.25, -0.2) is 9.59 Å². The Labute approximate surface area is 141 Å². The van der Waals surface area contributed by atoms with E-state index in [0.29, 0.717) is 13.0 Å². The summed E-state index contributed by atoms with van der Waals surface area (Å²) in [6.45, 7) is 0.532. The fourth-order valence-corrected chi connectivity index (χ4v) is 2.21. The maximum absolute atomic E-state index is 12.0. The molecule has 24 heavy (non-hydrogen) atoms. The first kappa shape index (κ1) is 17.3. The third kappa shape index (κ3) is 6.39. The van der Waals surface area contributed by atoms with Crippen LogP contribution in [-0.4, -0.2) is 24.8 Å². The minimum absolute atomic E-state index is 0.156. The molecule has 0 radical (unpaired) electrons. The van der Waals surface area contributed by atoms with Crippen LogP contribution in [0.25, 0.3) is 0 Å². The Balaban J connectivity index is 1.88. The largest absolute Gasteiger partial charge is 0.444 e. The third-order valence-electron chi connectivity index (χ3n) is 3.36. The maximum Gasteiger partial charge on any atom is 0.407 e. The highest BCUT2D eigenvalue weighted by atomic mass is 16.6. The minimum atomic E-state index is -0.652. The molecule has 2 aromatic carbocycles. The van der Waals surface area contributed by atoms with Crippen LogP contribution in [0.5, 0.6) is 0 Å². The monoisotopic (exact) mass is 327 g/mol. The average Bonchev–Trinajstić information content (AvgIpc) is 2.60. The molecule has 0 saturated carbocycles. The maximum atomic E-state index is 12.0. The number of nitrogens with two attached hydrogens (primary N) is 1. The second-order valence-electron chi connectivity index (χ2n) is 5.30. The van der Waals surface area contributed by atoms with Crippen LogP contribution in [0.2, 0.25) is 0 Å². The number of ether oxygens (including phenoxy) is 1. The Hall–Kier alpha value is -3.02. The van der Waals surface area contributed by atoms with Crippen molar-refractivity contribution < 1.29 is 14.3 Å². The molecule has 0 aromatic heterocycles. The number of benzene rings is 2. The highest BCUT2D eigenvalue weighted by Gasteiger charge is 2.15. The SMILES string of the molecule is NC(=O)NC[C@@H](Cc1ccccc1)OC(=O)NCc1ccccc1. The number of alkyl carbamates (subject to hydrolysis) is 1. The van der Waals surface area contributed by atoms with E-state index in [2.05, 4.69) is 10.6 Å². The second-order valence-corrected chi connectivity index (χ2v) is 5.30. The molecule has 4 N–H and O–H groups in total. The van der Waals surface area contributed by atoms with Gasteiger partial charge < -0.3 is 21.1 Å². The number of carbonyl (C=O) groups excluding carboxylic acids is 2. The number of rotatable bonds is 7. The van der Waals surface area contributed by atoms with Crippen LogP contribution in [0.4, 0.5) is 9.59 Å². The van der Waals surface area contributed by atoms with Crippen LogP contribution in [0.15, 0.2) is 60.7 Å². The Bertz CT molecular complexity index is 647. The molecule has 0 aliphatic heterocycles. The van der Waals surface area contributed by atoms with Crippen molar-refractivity contribution in [2.75, 3.05) is 6.54 Å². The third-order valence-corrected chi connectivity index (χ3v) is 3.36. The van der Waals surface area contributed by atoms with Gasteiger partial charge in [0.25, 0.3) is 0 Å². The first-order chi connectivity index (χ1) is 11.6. The van der Waals surface area contributed by atoms with Crippen LogP contribution in [-0.2, 0) is 17.7 Å². The van der Waals surface area contributed by atoms with Crippen LogP contribution in [0.3, 0.4) is 0 Å². The summed E-state index contributed by atoms with van der Waals surface area (Å²) in [4.78, 5) is 22.9. The van der Waals surface area contributed by atoms with Crippen molar-refractivity contribution in [3.05, 3.63) is 71.8 Å². The fraction of sp³-hybridized carbons (Fsp3) is 0.222. The Morgan fingerprint density at radius 2 is 1.50 bits per heavy atom. The minimum Gasteiger partial charge on any atom is -0.444 e. The first-order valence-corrected chi connectivity index (χ1v) is 7.69. The molecular weight excluding hydrogens is 306 g/mol. The zero-order chi connectivity index (χ0) is 17.2. The number of nitrogens with one attached hydrogen (secondary N) is 2. The highest BCUT2D eigenvalue weighted by molar-refractivity contribution is 5.71. The van der Waals surface area contributed by atoms with E-state index in [-0.39, 0.29) is 6.54 Å². The van der Waals surface area contributed by atoms with Crippen LogP contribution < -0.4 is 16.4 Å². The van der Waals surface area contributed by atoms with Gasteiger partial charge in [0.2, 0.25) is 0 Å². The lowest BCUT2D eigenvalue weighted by molar-refractivity contribution is 0.0973. The second kappa shape index (κ2) is 9.19. The Morgan fingerprint density at radius 1 is 0.917 bits per heavy atom. The molecule has 0 aliphatic carbocycles. The molecule has 0 saturated heterocycles. The molecule has 0 spiro atoms. The molecule has 2 aromatic rings. The van der Waals surface area contributed by atoms with Gasteiger partial charge in [0.15, 0.2) is 0 Å². The van der Waals surface area contributed by atoms with Crippen LogP contribution in [0, 0.1) is 0 Å². The fourth-order valence-electron chi connectivity index (χ4n) is 2.21. The predicted octanol–water partition coefficient (Wildman–Crippen LogP) is 2.19. The number of amides is 3. The average molecular weight is 327 g/mol. The molecular formula is C18H21N3O3. The van der Waals surface area contributed by atoms with E-state index >= 15 is 0 Å². The number of primary amides is 1. The summed E-state index contributed by atoms with van der Waals surface area (Å²) in [7, 11) is 0. The summed E-state index contributed by atoms with van der Waals surface area (Å²) in [5.41, 5.74) is 7.07. The Morgan fingerprint density at radius 3 is 2.08 bits per heavy atom. The summed E-state index contributed by atoms with van der Waals surface area (Å²) in [5.74, 6) is 0. The van der Waals surface area contributed by atoms with Gasteiger partial charge in [-0.2, -0.15) is 0 Å². The first-order valence-electron chi connectivity index (χ1n) is 7.69. The van der Waals surface area contributed by atoms with E-state index in [4.69, 9.17) is 10.5 Å². The van der Waals surface area contributed by atoms with Crippen LogP contribution >= 0.6 is 0 Å². The van der Waals surface area contributed by atoms with E-state index in [1.165, 1.54) is 0 Å². The molecule has 3 amide bonds. The van der Waals surface area contributed by atoms with Crippen molar-refractivity contribution >= 4 is 12.1 Å². The number of hydrogen-bond acceptors (Lipinski definition) is 3. The van der Waals surface area contributed by atoms with Crippen molar-refractivity contribution in [3.63, 3.8) is 0 Å². The zero-order valence-electron chi connectivity index (χ0n) is 13.3. The summed E-state index contributed by atoms with van der Waals surface area (Å²) in [5, 5.41) is 5.18. The summed E-state index contributed by atoms with van der Waals surface area (Å²) < 4.78 is 5.41. The van der Waals surface area contributed by atoms with Crippen molar-refractivity contribution in [2.45, 2.75) is 19.1 Å². The summed E-state index contributed by atoms with van der Waals surface area (Å²) in [6.07, 6.45) is -0.554. The normalized spacial score (nSPS) is 11.3. The van der Waals surface area contributed by atoms with Crippen LogP contribution in [0.1, 0.15) is 11.1 Å². The van der Waals surface area contributed by atoms with E-state index in [1.807, 2.05) is 60.7 Å². The molecule has 0 fully saturated rings. The lowest BCUT2D eigenvalue weighted by Gasteiger charge is -2.18. The van der Waals surface area contributed by atoms with Gasteiger partial charge in [0, 0.05) is 13.0 Å². The lowest BCUT2D eigenvalue weighted by Crippen LogP contribution is -2.40. The van der Waals surface area contributed by atoms with Crippen molar-refractivity contribution in [1.29, 1.82) is 0 Å². The summed E-state index contributed by atoms with van der Waals surface area (Å²) in [6, 6.07) is 18.5. The molecule has 1 atom stereocenters. The smallest absolute Gasteiger partial charge is 0.407 e. The van der Waals surface area contributed by atoms with Crippen molar-refractivity contribution in [2.24, 2.45) is 5.73 Å². The van der Waals surface area contributed by atoms with E-state index in [9.17, 15) is 9.59 Å². The van der Waals surface area contributed by atoms with E-state index in [1.54, 1.807) is 0 Å². The van der Waals surface area contributed by atoms with Gasteiger partial charge in [0.05, 0.1) is 6.54 Å². The molecule has 126 valence electrons. The van der Waals surface area contributed by atoms with Gasteiger partial charge in [-0.3, -0.25) is 0 Å². The van der Waals surface area contributed by atoms with Gasteiger partial charge in [-0.1, -0.05) is 60.7 Å². The predicted molar refractivity (Wildman–Crippen MR) is 91.3 cm³/mol. The van der Waals surface area contributed by atoms with Crippen molar-refractivity contribution in [3.8, 4) is 0 Å². The number of urea groups is 1. The molecule has 2 rings (SSSR count). The molecule has 6 heteroatoms. The van der Waals surface area contributed by atoms with Gasteiger partial charge >= 0.3 is 12.1 Å². The number of carbonyl (C=O) groups is 2. The lowest BCUT2D eigenvalue weighted by atomic mass is 10.1.